The molecule has 20 heavy (non-hydrogen) atoms. The Morgan fingerprint density at radius 1 is 1.00 bits per heavy atom. The van der Waals surface area contributed by atoms with Crippen molar-refractivity contribution in [2.75, 3.05) is 0 Å². The minimum Gasteiger partial charge on any atom is -0.304 e. The lowest BCUT2D eigenvalue weighted by Crippen LogP contribution is -2.23. The van der Waals surface area contributed by atoms with Crippen LogP contribution in [0.1, 0.15) is 37.1 Å². The molecule has 0 amide bonds. The van der Waals surface area contributed by atoms with E-state index < -0.39 is 11.6 Å². The Hall–Kier alpha value is -1.26. The third-order valence-electron chi connectivity index (χ3n) is 3.27. The summed E-state index contributed by atoms with van der Waals surface area (Å²) in [6.07, 6.45) is 0. The van der Waals surface area contributed by atoms with Gasteiger partial charge in [0.1, 0.15) is 11.6 Å². The first kappa shape index (κ1) is 15.1. The second kappa shape index (κ2) is 6.46. The summed E-state index contributed by atoms with van der Waals surface area (Å²) >= 11 is 3.43. The molecular weight excluding hydrogens is 324 g/mol. The molecule has 0 saturated heterocycles. The van der Waals surface area contributed by atoms with Crippen molar-refractivity contribution in [3.63, 3.8) is 0 Å². The lowest BCUT2D eigenvalue weighted by Gasteiger charge is -2.21. The summed E-state index contributed by atoms with van der Waals surface area (Å²) in [4.78, 5) is 0. The highest BCUT2D eigenvalue weighted by atomic mass is 79.9. The quantitative estimate of drug-likeness (QED) is 0.813. The van der Waals surface area contributed by atoms with E-state index in [2.05, 4.69) is 21.2 Å². The molecule has 1 N–H and O–H groups in total. The SMILES string of the molecule is CC(N[C@H](C)c1cccc(Br)c1)c1cc(F)ccc1F. The van der Waals surface area contributed by atoms with Crippen LogP contribution >= 0.6 is 15.9 Å². The van der Waals surface area contributed by atoms with Crippen LogP contribution in [-0.2, 0) is 0 Å². The van der Waals surface area contributed by atoms with Crippen molar-refractivity contribution in [1.29, 1.82) is 0 Å². The van der Waals surface area contributed by atoms with Crippen LogP contribution in [0.2, 0.25) is 0 Å². The lowest BCUT2D eigenvalue weighted by molar-refractivity contribution is 0.469. The van der Waals surface area contributed by atoms with E-state index in [-0.39, 0.29) is 12.1 Å². The van der Waals surface area contributed by atoms with Crippen molar-refractivity contribution in [2.24, 2.45) is 0 Å². The Morgan fingerprint density at radius 2 is 1.75 bits per heavy atom. The Kier molecular flexibility index (Phi) is 4.89. The average molecular weight is 340 g/mol. The second-order valence-electron chi connectivity index (χ2n) is 4.83. The smallest absolute Gasteiger partial charge is 0.128 e. The van der Waals surface area contributed by atoms with Gasteiger partial charge in [-0.1, -0.05) is 28.1 Å². The fourth-order valence-corrected chi connectivity index (χ4v) is 2.60. The number of halogens is 3. The van der Waals surface area contributed by atoms with E-state index in [9.17, 15) is 8.78 Å². The molecule has 2 atom stereocenters. The summed E-state index contributed by atoms with van der Waals surface area (Å²) in [5.41, 5.74) is 1.43. The number of benzene rings is 2. The van der Waals surface area contributed by atoms with Gasteiger partial charge in [0.25, 0.3) is 0 Å². The van der Waals surface area contributed by atoms with Crippen LogP contribution in [0.5, 0.6) is 0 Å². The van der Waals surface area contributed by atoms with Gasteiger partial charge in [0.15, 0.2) is 0 Å². The maximum Gasteiger partial charge on any atom is 0.128 e. The Morgan fingerprint density at radius 3 is 2.45 bits per heavy atom. The van der Waals surface area contributed by atoms with Gasteiger partial charge in [0.2, 0.25) is 0 Å². The van der Waals surface area contributed by atoms with E-state index in [4.69, 9.17) is 0 Å². The van der Waals surface area contributed by atoms with Gasteiger partial charge >= 0.3 is 0 Å². The number of rotatable bonds is 4. The first-order valence-corrected chi connectivity index (χ1v) is 7.23. The molecule has 0 fully saturated rings. The minimum absolute atomic E-state index is 0.0326. The summed E-state index contributed by atoms with van der Waals surface area (Å²) in [6.45, 7) is 3.82. The molecule has 4 heteroatoms. The first-order valence-electron chi connectivity index (χ1n) is 6.44. The third kappa shape index (κ3) is 3.64. The van der Waals surface area contributed by atoms with Crippen LogP contribution in [0.3, 0.4) is 0 Å². The van der Waals surface area contributed by atoms with Crippen molar-refractivity contribution in [3.05, 3.63) is 69.7 Å². The van der Waals surface area contributed by atoms with Crippen LogP contribution in [0.4, 0.5) is 8.78 Å². The van der Waals surface area contributed by atoms with Crippen LogP contribution < -0.4 is 5.32 Å². The molecule has 2 aromatic carbocycles. The van der Waals surface area contributed by atoms with E-state index in [0.717, 1.165) is 22.2 Å². The number of hydrogen-bond donors (Lipinski definition) is 1. The predicted octanol–water partition coefficient (Wildman–Crippen LogP) is 5.14. The molecule has 0 saturated carbocycles. The van der Waals surface area contributed by atoms with E-state index >= 15 is 0 Å². The van der Waals surface area contributed by atoms with Crippen molar-refractivity contribution < 1.29 is 8.78 Å². The standard InChI is InChI=1S/C16H16BrF2N/c1-10(12-4-3-5-13(17)8-12)20-11(2)15-9-14(18)6-7-16(15)19/h3-11,20H,1-2H3/t10-,11?/m1/s1. The molecule has 0 aliphatic rings. The summed E-state index contributed by atoms with van der Waals surface area (Å²) in [5, 5.41) is 3.28. The third-order valence-corrected chi connectivity index (χ3v) is 3.77. The highest BCUT2D eigenvalue weighted by Gasteiger charge is 2.15. The van der Waals surface area contributed by atoms with Crippen LogP contribution in [0.15, 0.2) is 46.9 Å². The van der Waals surface area contributed by atoms with Crippen LogP contribution in [0, 0.1) is 11.6 Å². The fourth-order valence-electron chi connectivity index (χ4n) is 2.18. The normalized spacial score (nSPS) is 14.1. The average Bonchev–Trinajstić information content (AvgIpc) is 2.41. The minimum atomic E-state index is -0.426. The topological polar surface area (TPSA) is 12.0 Å². The van der Waals surface area contributed by atoms with Crippen molar-refractivity contribution in [1.82, 2.24) is 5.32 Å². The zero-order valence-corrected chi connectivity index (χ0v) is 12.9. The monoisotopic (exact) mass is 339 g/mol. The molecule has 0 bridgehead atoms. The second-order valence-corrected chi connectivity index (χ2v) is 5.75. The van der Waals surface area contributed by atoms with Gasteiger partial charge in [0.05, 0.1) is 0 Å². The van der Waals surface area contributed by atoms with Gasteiger partial charge in [-0.2, -0.15) is 0 Å². The zero-order valence-electron chi connectivity index (χ0n) is 11.3. The summed E-state index contributed by atoms with van der Waals surface area (Å²) < 4.78 is 27.9. The molecule has 0 aliphatic heterocycles. The van der Waals surface area contributed by atoms with E-state index in [1.165, 1.54) is 6.07 Å². The molecule has 0 heterocycles. The molecule has 0 radical (unpaired) electrons. The highest BCUT2D eigenvalue weighted by molar-refractivity contribution is 9.10. The first-order chi connectivity index (χ1) is 9.47. The van der Waals surface area contributed by atoms with Crippen LogP contribution in [0.25, 0.3) is 0 Å². The molecule has 2 aromatic rings. The Bertz CT molecular complexity index is 601. The maximum atomic E-state index is 13.7. The Labute approximate surface area is 126 Å². The summed E-state index contributed by atoms with van der Waals surface area (Å²) in [5.74, 6) is -0.821. The van der Waals surface area contributed by atoms with Gasteiger partial charge in [-0.3, -0.25) is 0 Å². The van der Waals surface area contributed by atoms with Gasteiger partial charge in [-0.05, 0) is 49.7 Å². The van der Waals surface area contributed by atoms with Gasteiger partial charge in [0, 0.05) is 22.1 Å². The highest BCUT2D eigenvalue weighted by Crippen LogP contribution is 2.23. The fraction of sp³-hybridized carbons (Fsp3) is 0.250. The molecular formula is C16H16BrF2N. The molecule has 1 unspecified atom stereocenters. The van der Waals surface area contributed by atoms with Crippen molar-refractivity contribution in [2.45, 2.75) is 25.9 Å². The van der Waals surface area contributed by atoms with Gasteiger partial charge in [-0.15, -0.1) is 0 Å². The van der Waals surface area contributed by atoms with Gasteiger partial charge in [-0.25, -0.2) is 8.78 Å². The molecule has 0 spiro atoms. The molecule has 0 aliphatic carbocycles. The predicted molar refractivity (Wildman–Crippen MR) is 80.5 cm³/mol. The van der Waals surface area contributed by atoms with E-state index in [1.807, 2.05) is 38.1 Å². The van der Waals surface area contributed by atoms with E-state index in [1.54, 1.807) is 0 Å². The zero-order chi connectivity index (χ0) is 14.7. The van der Waals surface area contributed by atoms with Crippen LogP contribution in [-0.4, -0.2) is 0 Å². The van der Waals surface area contributed by atoms with Crippen molar-refractivity contribution in [3.8, 4) is 0 Å². The number of hydrogen-bond acceptors (Lipinski definition) is 1. The summed E-state index contributed by atoms with van der Waals surface area (Å²) in [7, 11) is 0. The molecule has 106 valence electrons. The number of nitrogens with one attached hydrogen (secondary N) is 1. The molecule has 1 nitrogen and oxygen atoms in total. The molecule has 2 rings (SSSR count). The largest absolute Gasteiger partial charge is 0.304 e. The maximum absolute atomic E-state index is 13.7. The Balaban J connectivity index is 2.15. The van der Waals surface area contributed by atoms with E-state index in [0.29, 0.717) is 5.56 Å². The summed E-state index contributed by atoms with van der Waals surface area (Å²) in [6, 6.07) is 11.2. The molecule has 0 aromatic heterocycles. The van der Waals surface area contributed by atoms with Crippen molar-refractivity contribution >= 4 is 15.9 Å². The van der Waals surface area contributed by atoms with Gasteiger partial charge < -0.3 is 5.32 Å². The lowest BCUT2D eigenvalue weighted by atomic mass is 10.0.